The Hall–Kier alpha value is -1.62. The molecule has 0 saturated carbocycles. The van der Waals surface area contributed by atoms with Crippen molar-refractivity contribution in [1.82, 2.24) is 4.90 Å². The molecule has 106 valence electrons. The van der Waals surface area contributed by atoms with Crippen LogP contribution in [0.5, 0.6) is 5.75 Å². The first-order chi connectivity index (χ1) is 8.92. The van der Waals surface area contributed by atoms with Crippen LogP contribution in [0.3, 0.4) is 0 Å². The van der Waals surface area contributed by atoms with Gasteiger partial charge in [-0.2, -0.15) is 0 Å². The standard InChI is InChI=1S/C14H21FN2O2/c1-4-12(16)6-10-5-11(15)8-13(7-10)19-9-14(18)17(2)3/h5,7-8,12H,4,6,9,16H2,1-3H3. The van der Waals surface area contributed by atoms with E-state index in [1.807, 2.05) is 6.92 Å². The van der Waals surface area contributed by atoms with Crippen LogP contribution in [0.2, 0.25) is 0 Å². The van der Waals surface area contributed by atoms with E-state index in [2.05, 4.69) is 0 Å². The first-order valence-corrected chi connectivity index (χ1v) is 6.30. The van der Waals surface area contributed by atoms with E-state index in [1.165, 1.54) is 17.0 Å². The van der Waals surface area contributed by atoms with Gasteiger partial charge in [-0.15, -0.1) is 0 Å². The van der Waals surface area contributed by atoms with E-state index in [0.717, 1.165) is 12.0 Å². The zero-order chi connectivity index (χ0) is 14.4. The highest BCUT2D eigenvalue weighted by molar-refractivity contribution is 5.77. The van der Waals surface area contributed by atoms with Gasteiger partial charge in [0.15, 0.2) is 6.61 Å². The number of halogens is 1. The molecule has 1 aromatic carbocycles. The number of carbonyl (C=O) groups is 1. The summed E-state index contributed by atoms with van der Waals surface area (Å²) in [5, 5.41) is 0. The first kappa shape index (κ1) is 15.4. The quantitative estimate of drug-likeness (QED) is 0.852. The number of nitrogens with zero attached hydrogens (tertiary/aromatic N) is 1. The zero-order valence-electron chi connectivity index (χ0n) is 11.6. The summed E-state index contributed by atoms with van der Waals surface area (Å²) in [7, 11) is 3.28. The summed E-state index contributed by atoms with van der Waals surface area (Å²) < 4.78 is 18.7. The molecule has 1 aromatic rings. The predicted molar refractivity (Wildman–Crippen MR) is 72.6 cm³/mol. The molecule has 19 heavy (non-hydrogen) atoms. The monoisotopic (exact) mass is 268 g/mol. The third kappa shape index (κ3) is 5.26. The highest BCUT2D eigenvalue weighted by Crippen LogP contribution is 2.18. The maximum Gasteiger partial charge on any atom is 0.259 e. The summed E-state index contributed by atoms with van der Waals surface area (Å²) in [6, 6.07) is 4.43. The molecule has 0 spiro atoms. The lowest BCUT2D eigenvalue weighted by Gasteiger charge is -2.13. The van der Waals surface area contributed by atoms with Crippen molar-refractivity contribution in [2.75, 3.05) is 20.7 Å². The third-order valence-corrected chi connectivity index (χ3v) is 2.81. The average Bonchev–Trinajstić information content (AvgIpc) is 2.34. The molecule has 1 rings (SSSR count). The van der Waals surface area contributed by atoms with Crippen molar-refractivity contribution in [2.45, 2.75) is 25.8 Å². The van der Waals surface area contributed by atoms with E-state index in [4.69, 9.17) is 10.5 Å². The molecule has 0 heterocycles. The number of nitrogens with two attached hydrogens (primary N) is 1. The Balaban J connectivity index is 2.71. The number of hydrogen-bond acceptors (Lipinski definition) is 3. The van der Waals surface area contributed by atoms with Crippen molar-refractivity contribution < 1.29 is 13.9 Å². The Morgan fingerprint density at radius 3 is 2.68 bits per heavy atom. The summed E-state index contributed by atoms with van der Waals surface area (Å²) >= 11 is 0. The molecule has 1 atom stereocenters. The number of rotatable bonds is 6. The Morgan fingerprint density at radius 2 is 2.11 bits per heavy atom. The van der Waals surface area contributed by atoms with Crippen molar-refractivity contribution in [3.8, 4) is 5.75 Å². The van der Waals surface area contributed by atoms with E-state index in [1.54, 1.807) is 20.2 Å². The van der Waals surface area contributed by atoms with Crippen LogP contribution in [0.25, 0.3) is 0 Å². The Kier molecular flexibility index (Phi) is 5.76. The maximum absolute atomic E-state index is 13.4. The van der Waals surface area contributed by atoms with E-state index >= 15 is 0 Å². The Morgan fingerprint density at radius 1 is 1.42 bits per heavy atom. The Bertz CT molecular complexity index is 435. The van der Waals surface area contributed by atoms with Crippen molar-refractivity contribution in [1.29, 1.82) is 0 Å². The van der Waals surface area contributed by atoms with Gasteiger partial charge in [0.25, 0.3) is 5.91 Å². The van der Waals surface area contributed by atoms with Gasteiger partial charge in [-0.3, -0.25) is 4.79 Å². The van der Waals surface area contributed by atoms with Crippen molar-refractivity contribution in [2.24, 2.45) is 5.73 Å². The summed E-state index contributed by atoms with van der Waals surface area (Å²) in [5.41, 5.74) is 6.62. The molecule has 2 N–H and O–H groups in total. The first-order valence-electron chi connectivity index (χ1n) is 6.30. The zero-order valence-corrected chi connectivity index (χ0v) is 11.6. The second-order valence-corrected chi connectivity index (χ2v) is 4.74. The summed E-state index contributed by atoms with van der Waals surface area (Å²) in [5.74, 6) is -0.197. The highest BCUT2D eigenvalue weighted by Gasteiger charge is 2.08. The lowest BCUT2D eigenvalue weighted by Crippen LogP contribution is -2.27. The van der Waals surface area contributed by atoms with E-state index in [9.17, 15) is 9.18 Å². The van der Waals surface area contributed by atoms with Crippen LogP contribution >= 0.6 is 0 Å². The van der Waals surface area contributed by atoms with E-state index < -0.39 is 0 Å². The Labute approximate surface area is 113 Å². The largest absolute Gasteiger partial charge is 0.484 e. The molecule has 1 unspecified atom stereocenters. The number of ether oxygens (including phenoxy) is 1. The lowest BCUT2D eigenvalue weighted by molar-refractivity contribution is -0.130. The molecule has 0 radical (unpaired) electrons. The normalized spacial score (nSPS) is 12.1. The SMILES string of the molecule is CCC(N)Cc1cc(F)cc(OCC(=O)N(C)C)c1. The number of likely N-dealkylation sites (N-methyl/N-ethyl adjacent to an activating group) is 1. The molecular formula is C14H21FN2O2. The summed E-state index contributed by atoms with van der Waals surface area (Å²) in [6.07, 6.45) is 1.41. The number of carbonyl (C=O) groups excluding carboxylic acids is 1. The average molecular weight is 268 g/mol. The van der Waals surface area contributed by atoms with Crippen molar-refractivity contribution in [3.63, 3.8) is 0 Å². The number of hydrogen-bond donors (Lipinski definition) is 1. The van der Waals surface area contributed by atoms with Crippen LogP contribution in [-0.2, 0) is 11.2 Å². The van der Waals surface area contributed by atoms with Gasteiger partial charge in [0, 0.05) is 26.2 Å². The van der Waals surface area contributed by atoms with Gasteiger partial charge in [0.2, 0.25) is 0 Å². The second-order valence-electron chi connectivity index (χ2n) is 4.74. The molecule has 0 aliphatic rings. The molecule has 0 aromatic heterocycles. The molecule has 0 fully saturated rings. The van der Waals surface area contributed by atoms with Crippen LogP contribution < -0.4 is 10.5 Å². The summed E-state index contributed by atoms with van der Waals surface area (Å²) in [6.45, 7) is 1.88. The molecule has 5 heteroatoms. The molecular weight excluding hydrogens is 247 g/mol. The van der Waals surface area contributed by atoms with Gasteiger partial charge >= 0.3 is 0 Å². The fourth-order valence-electron chi connectivity index (χ4n) is 1.54. The minimum absolute atomic E-state index is 0.00180. The van der Waals surface area contributed by atoms with Gasteiger partial charge in [-0.25, -0.2) is 4.39 Å². The molecule has 4 nitrogen and oxygen atoms in total. The topological polar surface area (TPSA) is 55.6 Å². The number of amides is 1. The maximum atomic E-state index is 13.4. The second kappa shape index (κ2) is 7.09. The number of benzene rings is 1. The van der Waals surface area contributed by atoms with Crippen LogP contribution in [0.15, 0.2) is 18.2 Å². The van der Waals surface area contributed by atoms with Gasteiger partial charge in [0.05, 0.1) is 0 Å². The smallest absolute Gasteiger partial charge is 0.259 e. The van der Waals surface area contributed by atoms with Crippen LogP contribution in [0.1, 0.15) is 18.9 Å². The van der Waals surface area contributed by atoms with Crippen molar-refractivity contribution in [3.05, 3.63) is 29.6 Å². The van der Waals surface area contributed by atoms with Gasteiger partial charge in [-0.05, 0) is 30.5 Å². The van der Waals surface area contributed by atoms with Gasteiger partial charge in [-0.1, -0.05) is 6.92 Å². The highest BCUT2D eigenvalue weighted by atomic mass is 19.1. The lowest BCUT2D eigenvalue weighted by atomic mass is 10.0. The van der Waals surface area contributed by atoms with Crippen LogP contribution in [0.4, 0.5) is 4.39 Å². The predicted octanol–water partition coefficient (Wildman–Crippen LogP) is 1.57. The fraction of sp³-hybridized carbons (Fsp3) is 0.500. The molecule has 0 bridgehead atoms. The van der Waals surface area contributed by atoms with Gasteiger partial charge < -0.3 is 15.4 Å². The minimum atomic E-state index is -0.381. The third-order valence-electron chi connectivity index (χ3n) is 2.81. The van der Waals surface area contributed by atoms with Gasteiger partial charge in [0.1, 0.15) is 11.6 Å². The fourth-order valence-corrected chi connectivity index (χ4v) is 1.54. The molecule has 0 aliphatic carbocycles. The molecule has 0 saturated heterocycles. The summed E-state index contributed by atoms with van der Waals surface area (Å²) in [4.78, 5) is 12.8. The van der Waals surface area contributed by atoms with Crippen LogP contribution in [-0.4, -0.2) is 37.6 Å². The molecule has 1 amide bonds. The minimum Gasteiger partial charge on any atom is -0.484 e. The van der Waals surface area contributed by atoms with E-state index in [0.29, 0.717) is 12.2 Å². The van der Waals surface area contributed by atoms with E-state index in [-0.39, 0.29) is 24.4 Å². The van der Waals surface area contributed by atoms with Crippen molar-refractivity contribution >= 4 is 5.91 Å². The van der Waals surface area contributed by atoms with Crippen LogP contribution in [0, 0.1) is 5.82 Å². The molecule has 0 aliphatic heterocycles.